The first-order valence-corrected chi connectivity index (χ1v) is 19.8. The van der Waals surface area contributed by atoms with E-state index >= 15 is 4.79 Å². The number of rotatable bonds is 8. The van der Waals surface area contributed by atoms with E-state index in [2.05, 4.69) is 5.32 Å². The van der Waals surface area contributed by atoms with Crippen LogP contribution in [0.5, 0.6) is 0 Å². The highest BCUT2D eigenvalue weighted by Gasteiger charge is 2.78. The van der Waals surface area contributed by atoms with Crippen molar-refractivity contribution in [3.63, 3.8) is 0 Å². The van der Waals surface area contributed by atoms with Gasteiger partial charge in [-0.25, -0.2) is 14.4 Å². The average molecular weight is 830 g/mol. The molecule has 1 aromatic carbocycles. The fourth-order valence-electron chi connectivity index (χ4n) is 9.57. The minimum absolute atomic E-state index is 0.000791. The van der Waals surface area contributed by atoms with Gasteiger partial charge in [-0.05, 0) is 63.3 Å². The number of aliphatic hydroxyl groups is 3. The summed E-state index contributed by atoms with van der Waals surface area (Å²) in [7, 11) is 0. The van der Waals surface area contributed by atoms with Crippen molar-refractivity contribution in [2.24, 2.45) is 22.2 Å². The van der Waals surface area contributed by atoms with E-state index in [1.54, 1.807) is 73.6 Å². The second kappa shape index (κ2) is 15.6. The number of aliphatic hydroxyl groups excluding tert-OH is 2. The summed E-state index contributed by atoms with van der Waals surface area (Å²) in [6.45, 7) is 17.9. The Balaban J connectivity index is 1.74. The smallest absolute Gasteiger partial charge is 0.407 e. The van der Waals surface area contributed by atoms with Crippen molar-refractivity contribution in [1.82, 2.24) is 5.32 Å². The first-order chi connectivity index (χ1) is 27.0. The number of alkyl carbamates (subject to hydrolysis) is 1. The summed E-state index contributed by atoms with van der Waals surface area (Å²) < 4.78 is 35.5. The van der Waals surface area contributed by atoms with Crippen molar-refractivity contribution >= 4 is 35.8 Å². The van der Waals surface area contributed by atoms with Gasteiger partial charge in [-0.3, -0.25) is 14.4 Å². The molecule has 1 aromatic rings. The Hall–Kier alpha value is -4.38. The number of hydrogen-bond donors (Lipinski definition) is 4. The molecule has 0 radical (unpaired) electrons. The molecule has 326 valence electrons. The normalized spacial score (nSPS) is 33.6. The third-order valence-electron chi connectivity index (χ3n) is 12.6. The number of nitrogens with one attached hydrogen (secondary N) is 1. The van der Waals surface area contributed by atoms with Crippen molar-refractivity contribution in [1.29, 1.82) is 0 Å². The molecule has 4 aliphatic rings. The van der Waals surface area contributed by atoms with Gasteiger partial charge in [0, 0.05) is 32.1 Å². The van der Waals surface area contributed by atoms with E-state index in [4.69, 9.17) is 28.4 Å². The number of benzene rings is 1. The number of fused-ring (bicyclic) bond motifs is 5. The second-order valence-corrected chi connectivity index (χ2v) is 19.1. The Bertz CT molecular complexity index is 1900. The molecule has 16 heteroatoms. The highest BCUT2D eigenvalue weighted by molar-refractivity contribution is 5.95. The molecule has 3 aliphatic carbocycles. The molecule has 1 aliphatic heterocycles. The molecule has 5 rings (SSSR count). The van der Waals surface area contributed by atoms with Crippen LogP contribution < -0.4 is 5.32 Å². The maximum atomic E-state index is 15.4. The van der Waals surface area contributed by atoms with E-state index in [0.29, 0.717) is 0 Å². The molecule has 4 N–H and O–H groups in total. The molecule has 1 amide bonds. The lowest BCUT2D eigenvalue weighted by atomic mass is 9.44. The van der Waals surface area contributed by atoms with Gasteiger partial charge in [0.05, 0.1) is 35.6 Å². The van der Waals surface area contributed by atoms with Crippen LogP contribution in [0, 0.1) is 22.2 Å². The molecular formula is C43H59NO15. The Morgan fingerprint density at radius 2 is 1.54 bits per heavy atom. The minimum Gasteiger partial charge on any atom is -0.456 e. The van der Waals surface area contributed by atoms with E-state index in [-0.39, 0.29) is 29.7 Å². The molecular weight excluding hydrogens is 770 g/mol. The summed E-state index contributed by atoms with van der Waals surface area (Å²) in [5.41, 5.74) is -9.44. The van der Waals surface area contributed by atoms with Crippen molar-refractivity contribution in [2.45, 2.75) is 155 Å². The van der Waals surface area contributed by atoms with Crippen molar-refractivity contribution in [3.05, 3.63) is 47.0 Å². The molecule has 1 saturated heterocycles. The van der Waals surface area contributed by atoms with Gasteiger partial charge >= 0.3 is 30.0 Å². The topological polar surface area (TPSA) is 231 Å². The van der Waals surface area contributed by atoms with E-state index in [0.717, 1.165) is 13.8 Å². The van der Waals surface area contributed by atoms with Gasteiger partial charge < -0.3 is 49.1 Å². The van der Waals surface area contributed by atoms with Crippen LogP contribution in [-0.2, 0) is 47.6 Å². The van der Waals surface area contributed by atoms with Crippen molar-refractivity contribution < 1.29 is 72.5 Å². The predicted molar refractivity (Wildman–Crippen MR) is 207 cm³/mol. The largest absolute Gasteiger partial charge is 0.456 e. The van der Waals surface area contributed by atoms with Gasteiger partial charge in [0.1, 0.15) is 29.5 Å². The number of esters is 4. The van der Waals surface area contributed by atoms with Crippen LogP contribution in [0.25, 0.3) is 0 Å². The number of ether oxygens (including phenoxy) is 6. The minimum atomic E-state index is -2.38. The molecule has 2 bridgehead atoms. The van der Waals surface area contributed by atoms with Crippen molar-refractivity contribution in [3.8, 4) is 0 Å². The number of carbonyl (C=O) groups excluding carboxylic acids is 6. The van der Waals surface area contributed by atoms with Crippen LogP contribution in [0.15, 0.2) is 41.5 Å². The molecule has 0 unspecified atom stereocenters. The fraction of sp³-hybridized carbons (Fsp3) is 0.674. The summed E-state index contributed by atoms with van der Waals surface area (Å²) in [5, 5.41) is 39.7. The lowest BCUT2D eigenvalue weighted by molar-refractivity contribution is -0.346. The third-order valence-corrected chi connectivity index (χ3v) is 12.6. The van der Waals surface area contributed by atoms with Crippen LogP contribution in [0.2, 0.25) is 0 Å². The van der Waals surface area contributed by atoms with E-state index < -0.39 is 124 Å². The molecule has 2 saturated carbocycles. The molecule has 0 aromatic heterocycles. The van der Waals surface area contributed by atoms with Crippen LogP contribution in [0.1, 0.15) is 106 Å². The van der Waals surface area contributed by atoms with Gasteiger partial charge in [0.2, 0.25) is 0 Å². The number of hydrogen-bond acceptors (Lipinski definition) is 15. The first-order valence-electron chi connectivity index (χ1n) is 19.8. The van der Waals surface area contributed by atoms with E-state index in [1.165, 1.54) is 26.0 Å². The summed E-state index contributed by atoms with van der Waals surface area (Å²) in [6.07, 6.45) is -11.3. The number of Topliss-reactive ketones (excluding diaryl/α,β-unsaturated/α-hetero) is 1. The predicted octanol–water partition coefficient (Wildman–Crippen LogP) is 3.50. The Morgan fingerprint density at radius 1 is 0.932 bits per heavy atom. The Kier molecular flexibility index (Phi) is 12.1. The first kappa shape index (κ1) is 45.7. The molecule has 59 heavy (non-hydrogen) atoms. The van der Waals surface area contributed by atoms with Crippen LogP contribution in [-0.4, -0.2) is 117 Å². The summed E-state index contributed by atoms with van der Waals surface area (Å²) >= 11 is 0. The van der Waals surface area contributed by atoms with Crippen LogP contribution >= 0.6 is 0 Å². The Morgan fingerprint density at radius 3 is 2.05 bits per heavy atom. The third kappa shape index (κ3) is 8.00. The van der Waals surface area contributed by atoms with Gasteiger partial charge in [0.25, 0.3) is 0 Å². The highest BCUT2D eigenvalue weighted by atomic mass is 16.6. The quantitative estimate of drug-likeness (QED) is 0.167. The van der Waals surface area contributed by atoms with E-state index in [1.807, 2.05) is 0 Å². The number of carbonyl (C=O) groups is 6. The van der Waals surface area contributed by atoms with Gasteiger partial charge in [-0.2, -0.15) is 0 Å². The molecule has 0 spiro atoms. The van der Waals surface area contributed by atoms with Crippen LogP contribution in [0.4, 0.5) is 4.79 Å². The maximum Gasteiger partial charge on any atom is 0.407 e. The maximum absolute atomic E-state index is 15.4. The zero-order valence-electron chi connectivity index (χ0n) is 35.9. The molecule has 11 atom stereocenters. The van der Waals surface area contributed by atoms with Gasteiger partial charge in [-0.15, -0.1) is 0 Å². The fourth-order valence-corrected chi connectivity index (χ4v) is 9.57. The average Bonchev–Trinajstić information content (AvgIpc) is 3.10. The lowest BCUT2D eigenvalue weighted by Gasteiger charge is -2.67. The summed E-state index contributed by atoms with van der Waals surface area (Å²) in [4.78, 5) is 82.4. The monoisotopic (exact) mass is 829 g/mol. The zero-order valence-corrected chi connectivity index (χ0v) is 35.9. The lowest BCUT2D eigenvalue weighted by Crippen LogP contribution is -2.82. The number of ketones is 1. The molecule has 1 heterocycles. The summed E-state index contributed by atoms with van der Waals surface area (Å²) in [6, 6.07) is 6.57. The van der Waals surface area contributed by atoms with Crippen LogP contribution in [0.3, 0.4) is 0 Å². The van der Waals surface area contributed by atoms with Crippen molar-refractivity contribution in [2.75, 3.05) is 6.61 Å². The number of amides is 1. The van der Waals surface area contributed by atoms with E-state index in [9.17, 15) is 39.3 Å². The SMILES string of the molecule is CC(=O)O[C@H]1C(=O)[C@@]2(C)[C@H]([C@H](OC(=O)c3ccccc3)[C@]3(O)C[C@H](OC(=O)[C@H](O)[C@@H](NC(=O)OC(C)(C)C)C(C)(C)C)C(C)=C1C3(C)C)[C@]1(OC(C)=O)CO[C@@H]1C[C@@H]2O. The highest BCUT2D eigenvalue weighted by Crippen LogP contribution is 2.64. The Labute approximate surface area is 344 Å². The molecule has 3 fully saturated rings. The van der Waals surface area contributed by atoms with Gasteiger partial charge in [-0.1, -0.05) is 52.8 Å². The second-order valence-electron chi connectivity index (χ2n) is 19.1. The zero-order chi connectivity index (χ0) is 44.4. The van der Waals surface area contributed by atoms with Gasteiger partial charge in [0.15, 0.2) is 23.6 Å². The molecule has 16 nitrogen and oxygen atoms in total. The standard InChI is InChI=1S/C43H59NO15/c1-21-25(56-36(51)29(48)32(38(4,5)6)44-37(52)59-39(7,8)9)19-43(53)34(57-35(50)24-16-14-13-15-17-24)31-41(12,26(47)18-27-42(31,20-54-27)58-23(3)46)33(49)30(55-22(2)45)28(21)40(43,10)11/h13-17,25-27,29-32,34,47-48,53H,18-20H2,1-12H3,(H,44,52)/t25-,26-,27+,29+,30+,31-,32+,34-,41+,42-,43+/m0/s1. The summed E-state index contributed by atoms with van der Waals surface area (Å²) in [5.74, 6) is -6.23.